The first-order valence-corrected chi connectivity index (χ1v) is 6.83. The molecule has 0 aliphatic heterocycles. The molecule has 0 radical (unpaired) electrons. The summed E-state index contributed by atoms with van der Waals surface area (Å²) < 4.78 is 0. The molecule has 2 aromatic rings. The van der Waals surface area contributed by atoms with E-state index in [2.05, 4.69) is 10.6 Å². The van der Waals surface area contributed by atoms with Gasteiger partial charge in [-0.3, -0.25) is 9.59 Å². The van der Waals surface area contributed by atoms with E-state index in [1.807, 2.05) is 37.3 Å². The topological polar surface area (TPSA) is 58.2 Å². The van der Waals surface area contributed by atoms with Gasteiger partial charge in [0.05, 0.1) is 0 Å². The van der Waals surface area contributed by atoms with Crippen molar-refractivity contribution < 1.29 is 9.59 Å². The third-order valence-electron chi connectivity index (χ3n) is 2.94. The standard InChI is InChI=1S/C16H15ClN2O2/c1-11-9-13(17)7-8-14(11)19-16(21)15(20)18-10-12-5-3-2-4-6-12/h2-9H,10H2,1H3,(H,18,20)(H,19,21). The Hall–Kier alpha value is -2.33. The van der Waals surface area contributed by atoms with Gasteiger partial charge in [-0.1, -0.05) is 41.9 Å². The lowest BCUT2D eigenvalue weighted by Gasteiger charge is -2.09. The Labute approximate surface area is 128 Å². The molecule has 0 bridgehead atoms. The molecule has 2 amide bonds. The monoisotopic (exact) mass is 302 g/mol. The highest BCUT2D eigenvalue weighted by Gasteiger charge is 2.14. The number of hydrogen-bond donors (Lipinski definition) is 2. The van der Waals surface area contributed by atoms with Gasteiger partial charge in [0.2, 0.25) is 0 Å². The van der Waals surface area contributed by atoms with Crippen LogP contribution in [0.3, 0.4) is 0 Å². The predicted molar refractivity (Wildman–Crippen MR) is 83.1 cm³/mol. The molecule has 0 saturated heterocycles. The zero-order valence-corrected chi connectivity index (χ0v) is 12.3. The van der Waals surface area contributed by atoms with Crippen molar-refractivity contribution in [1.29, 1.82) is 0 Å². The number of carbonyl (C=O) groups excluding carboxylic acids is 2. The second kappa shape index (κ2) is 6.90. The van der Waals surface area contributed by atoms with Gasteiger partial charge in [0.15, 0.2) is 0 Å². The minimum absolute atomic E-state index is 0.312. The third kappa shape index (κ3) is 4.33. The van der Waals surface area contributed by atoms with Crippen LogP contribution in [0.2, 0.25) is 5.02 Å². The average molecular weight is 303 g/mol. The van der Waals surface area contributed by atoms with Gasteiger partial charge >= 0.3 is 11.8 Å². The minimum atomic E-state index is -0.698. The fraction of sp³-hybridized carbons (Fsp3) is 0.125. The van der Waals surface area contributed by atoms with Gasteiger partial charge in [-0.05, 0) is 36.2 Å². The van der Waals surface area contributed by atoms with Crippen molar-refractivity contribution in [3.63, 3.8) is 0 Å². The van der Waals surface area contributed by atoms with Crippen LogP contribution < -0.4 is 10.6 Å². The molecule has 0 spiro atoms. The number of benzene rings is 2. The molecule has 0 aliphatic carbocycles. The van der Waals surface area contributed by atoms with Crippen LogP contribution in [-0.4, -0.2) is 11.8 Å². The van der Waals surface area contributed by atoms with Crippen molar-refractivity contribution in [3.05, 3.63) is 64.7 Å². The Bertz CT molecular complexity index is 657. The van der Waals surface area contributed by atoms with Gasteiger partial charge in [-0.2, -0.15) is 0 Å². The molecule has 2 N–H and O–H groups in total. The summed E-state index contributed by atoms with van der Waals surface area (Å²) in [4.78, 5) is 23.6. The Balaban J connectivity index is 1.92. The maximum absolute atomic E-state index is 11.8. The normalized spacial score (nSPS) is 10.0. The summed E-state index contributed by atoms with van der Waals surface area (Å²) in [6.45, 7) is 2.12. The molecule has 0 unspecified atom stereocenters. The quantitative estimate of drug-likeness (QED) is 0.857. The van der Waals surface area contributed by atoms with Gasteiger partial charge in [0, 0.05) is 17.3 Å². The molecule has 108 valence electrons. The maximum Gasteiger partial charge on any atom is 0.313 e. The smallest absolute Gasteiger partial charge is 0.313 e. The lowest BCUT2D eigenvalue weighted by molar-refractivity contribution is -0.136. The molecule has 0 atom stereocenters. The molecule has 0 aromatic heterocycles. The van der Waals surface area contributed by atoms with E-state index in [1.165, 1.54) is 0 Å². The minimum Gasteiger partial charge on any atom is -0.344 e. The van der Waals surface area contributed by atoms with Gasteiger partial charge < -0.3 is 10.6 Å². The molecule has 0 aliphatic rings. The Morgan fingerprint density at radius 2 is 1.76 bits per heavy atom. The van der Waals surface area contributed by atoms with Crippen LogP contribution in [0, 0.1) is 6.92 Å². The summed E-state index contributed by atoms with van der Waals surface area (Å²) in [5.41, 5.74) is 2.30. The second-order valence-corrected chi connectivity index (χ2v) is 5.02. The number of amides is 2. The summed E-state index contributed by atoms with van der Waals surface area (Å²) in [7, 11) is 0. The summed E-state index contributed by atoms with van der Waals surface area (Å²) in [5, 5.41) is 5.72. The third-order valence-corrected chi connectivity index (χ3v) is 3.17. The van der Waals surface area contributed by atoms with Gasteiger partial charge in [0.25, 0.3) is 0 Å². The maximum atomic E-state index is 11.8. The van der Waals surface area contributed by atoms with Crippen LogP contribution in [-0.2, 0) is 16.1 Å². The molecule has 21 heavy (non-hydrogen) atoms. The van der Waals surface area contributed by atoms with Gasteiger partial charge in [-0.15, -0.1) is 0 Å². The lowest BCUT2D eigenvalue weighted by atomic mass is 10.2. The molecule has 0 fully saturated rings. The van der Waals surface area contributed by atoms with E-state index in [4.69, 9.17) is 11.6 Å². The number of anilines is 1. The fourth-order valence-corrected chi connectivity index (χ4v) is 2.03. The predicted octanol–water partition coefficient (Wildman–Crippen LogP) is 2.90. The largest absolute Gasteiger partial charge is 0.344 e. The second-order valence-electron chi connectivity index (χ2n) is 4.58. The van der Waals surface area contributed by atoms with Crippen LogP contribution >= 0.6 is 11.6 Å². The van der Waals surface area contributed by atoms with Crippen molar-refractivity contribution >= 4 is 29.1 Å². The average Bonchev–Trinajstić information content (AvgIpc) is 2.48. The van der Waals surface area contributed by atoms with E-state index >= 15 is 0 Å². The van der Waals surface area contributed by atoms with E-state index in [0.717, 1.165) is 11.1 Å². The van der Waals surface area contributed by atoms with E-state index in [1.54, 1.807) is 18.2 Å². The zero-order chi connectivity index (χ0) is 15.2. The van der Waals surface area contributed by atoms with Crippen molar-refractivity contribution in [2.24, 2.45) is 0 Å². The number of aryl methyl sites for hydroxylation is 1. The number of carbonyl (C=O) groups is 2. The van der Waals surface area contributed by atoms with E-state index in [0.29, 0.717) is 17.3 Å². The van der Waals surface area contributed by atoms with Crippen LogP contribution in [0.25, 0.3) is 0 Å². The molecule has 0 heterocycles. The van der Waals surface area contributed by atoms with E-state index < -0.39 is 11.8 Å². The number of hydrogen-bond acceptors (Lipinski definition) is 2. The van der Waals surface area contributed by atoms with E-state index in [-0.39, 0.29) is 0 Å². The SMILES string of the molecule is Cc1cc(Cl)ccc1NC(=O)C(=O)NCc1ccccc1. The summed E-state index contributed by atoms with van der Waals surface area (Å²) in [5.74, 6) is -1.37. The Morgan fingerprint density at radius 1 is 1.05 bits per heavy atom. The first kappa shape index (κ1) is 15.1. The highest BCUT2D eigenvalue weighted by atomic mass is 35.5. The number of halogens is 1. The van der Waals surface area contributed by atoms with Crippen LogP contribution in [0.1, 0.15) is 11.1 Å². The molecule has 2 aromatic carbocycles. The molecular formula is C16H15ClN2O2. The molecule has 4 nitrogen and oxygen atoms in total. The van der Waals surface area contributed by atoms with Crippen molar-refractivity contribution in [1.82, 2.24) is 5.32 Å². The molecular weight excluding hydrogens is 288 g/mol. The van der Waals surface area contributed by atoms with Crippen molar-refractivity contribution in [3.8, 4) is 0 Å². The summed E-state index contributed by atoms with van der Waals surface area (Å²) in [6, 6.07) is 14.4. The molecule has 2 rings (SSSR count). The summed E-state index contributed by atoms with van der Waals surface area (Å²) in [6.07, 6.45) is 0. The first-order valence-electron chi connectivity index (χ1n) is 6.45. The van der Waals surface area contributed by atoms with E-state index in [9.17, 15) is 9.59 Å². The van der Waals surface area contributed by atoms with Crippen molar-refractivity contribution in [2.75, 3.05) is 5.32 Å². The number of nitrogens with one attached hydrogen (secondary N) is 2. The highest BCUT2D eigenvalue weighted by Crippen LogP contribution is 2.19. The first-order chi connectivity index (χ1) is 10.1. The Morgan fingerprint density at radius 3 is 2.43 bits per heavy atom. The fourth-order valence-electron chi connectivity index (χ4n) is 1.80. The van der Waals surface area contributed by atoms with Gasteiger partial charge in [0.1, 0.15) is 0 Å². The van der Waals surface area contributed by atoms with Gasteiger partial charge in [-0.25, -0.2) is 0 Å². The lowest BCUT2D eigenvalue weighted by Crippen LogP contribution is -2.35. The van der Waals surface area contributed by atoms with Crippen LogP contribution in [0.4, 0.5) is 5.69 Å². The van der Waals surface area contributed by atoms with Crippen LogP contribution in [0.5, 0.6) is 0 Å². The highest BCUT2D eigenvalue weighted by molar-refractivity contribution is 6.39. The van der Waals surface area contributed by atoms with Crippen molar-refractivity contribution in [2.45, 2.75) is 13.5 Å². The summed E-state index contributed by atoms with van der Waals surface area (Å²) >= 11 is 5.84. The molecule has 5 heteroatoms. The Kier molecular flexibility index (Phi) is 4.95. The number of rotatable bonds is 3. The molecule has 0 saturated carbocycles. The van der Waals surface area contributed by atoms with Crippen LogP contribution in [0.15, 0.2) is 48.5 Å². The zero-order valence-electron chi connectivity index (χ0n) is 11.5.